The maximum absolute atomic E-state index is 5.31. The molecule has 0 saturated carbocycles. The largest absolute Gasteiger partial charge is 0.493 e. The normalized spacial score (nSPS) is 9.83. The number of hydrogen-bond acceptors (Lipinski definition) is 4. The lowest BCUT2D eigenvalue weighted by atomic mass is 10.2. The van der Waals surface area contributed by atoms with E-state index in [1.165, 1.54) is 0 Å². The molecule has 1 heterocycles. The lowest BCUT2D eigenvalue weighted by Crippen LogP contribution is -2.16. The molecule has 4 nitrogen and oxygen atoms in total. The van der Waals surface area contributed by atoms with E-state index in [4.69, 9.17) is 15.9 Å². The van der Waals surface area contributed by atoms with Crippen molar-refractivity contribution in [2.75, 3.05) is 20.8 Å². The van der Waals surface area contributed by atoms with Crippen LogP contribution in [0, 0.1) is 12.3 Å². The minimum atomic E-state index is 0.663. The van der Waals surface area contributed by atoms with Crippen molar-refractivity contribution in [1.82, 2.24) is 10.3 Å². The number of unbranched alkanes of at least 4 members (excludes halogenated alkanes) is 2. The van der Waals surface area contributed by atoms with Gasteiger partial charge < -0.3 is 14.8 Å². The summed E-state index contributed by atoms with van der Waals surface area (Å²) in [5.41, 5.74) is 0.855. The lowest BCUT2D eigenvalue weighted by Gasteiger charge is -2.11. The van der Waals surface area contributed by atoms with Gasteiger partial charge in [0.25, 0.3) is 0 Å². The van der Waals surface area contributed by atoms with Gasteiger partial charge in [-0.05, 0) is 19.4 Å². The first kappa shape index (κ1) is 14.3. The molecule has 0 radical (unpaired) electrons. The maximum Gasteiger partial charge on any atom is 0.183 e. The van der Waals surface area contributed by atoms with Gasteiger partial charge in [0, 0.05) is 25.2 Å². The Morgan fingerprint density at radius 2 is 2.17 bits per heavy atom. The predicted molar refractivity (Wildman–Crippen MR) is 71.7 cm³/mol. The van der Waals surface area contributed by atoms with Gasteiger partial charge in [-0.2, -0.15) is 0 Å². The van der Waals surface area contributed by atoms with Crippen LogP contribution >= 0.6 is 0 Å². The van der Waals surface area contributed by atoms with Crippen molar-refractivity contribution in [3.8, 4) is 23.8 Å². The van der Waals surface area contributed by atoms with Crippen LogP contribution in [0.4, 0.5) is 0 Å². The molecule has 0 fully saturated rings. The zero-order valence-corrected chi connectivity index (χ0v) is 11.0. The summed E-state index contributed by atoms with van der Waals surface area (Å²) in [4.78, 5) is 4.29. The summed E-state index contributed by atoms with van der Waals surface area (Å²) < 4.78 is 10.5. The van der Waals surface area contributed by atoms with Crippen molar-refractivity contribution in [3.63, 3.8) is 0 Å². The standard InChI is InChI=1S/C14H20N2O2/c1-4-5-6-7-9-15-11-12-14(18-3)13(17-2)8-10-16-12/h1,8,10,15H,5-7,9,11H2,2-3H3. The van der Waals surface area contributed by atoms with Crippen molar-refractivity contribution in [1.29, 1.82) is 0 Å². The third kappa shape index (κ3) is 4.27. The van der Waals surface area contributed by atoms with Gasteiger partial charge in [0.1, 0.15) is 0 Å². The molecule has 0 amide bonds. The molecule has 1 rings (SSSR count). The molecule has 0 spiro atoms. The van der Waals surface area contributed by atoms with E-state index in [0.29, 0.717) is 18.0 Å². The van der Waals surface area contributed by atoms with E-state index in [1.54, 1.807) is 26.5 Å². The highest BCUT2D eigenvalue weighted by atomic mass is 16.5. The minimum absolute atomic E-state index is 0.663. The van der Waals surface area contributed by atoms with Gasteiger partial charge >= 0.3 is 0 Å². The molecule has 1 aromatic heterocycles. The fourth-order valence-corrected chi connectivity index (χ4v) is 1.66. The molecular formula is C14H20N2O2. The second-order valence-electron chi connectivity index (χ2n) is 3.83. The van der Waals surface area contributed by atoms with Crippen molar-refractivity contribution < 1.29 is 9.47 Å². The highest BCUT2D eigenvalue weighted by Crippen LogP contribution is 2.28. The molecule has 0 aliphatic rings. The fourth-order valence-electron chi connectivity index (χ4n) is 1.66. The number of pyridine rings is 1. The number of rotatable bonds is 8. The quantitative estimate of drug-likeness (QED) is 0.564. The monoisotopic (exact) mass is 248 g/mol. The van der Waals surface area contributed by atoms with E-state index in [2.05, 4.69) is 16.2 Å². The van der Waals surface area contributed by atoms with Gasteiger partial charge in [-0.25, -0.2) is 0 Å². The minimum Gasteiger partial charge on any atom is -0.493 e. The van der Waals surface area contributed by atoms with Crippen molar-refractivity contribution >= 4 is 0 Å². The lowest BCUT2D eigenvalue weighted by molar-refractivity contribution is 0.348. The number of nitrogens with zero attached hydrogens (tertiary/aromatic N) is 1. The summed E-state index contributed by atoms with van der Waals surface area (Å²) in [5, 5.41) is 3.32. The number of terminal acetylenes is 1. The second-order valence-corrected chi connectivity index (χ2v) is 3.83. The molecule has 98 valence electrons. The molecule has 0 atom stereocenters. The smallest absolute Gasteiger partial charge is 0.183 e. The van der Waals surface area contributed by atoms with Gasteiger partial charge in [0.05, 0.1) is 19.9 Å². The van der Waals surface area contributed by atoms with Crippen LogP contribution in [0.2, 0.25) is 0 Å². The molecule has 0 unspecified atom stereocenters. The second kappa shape index (κ2) is 8.37. The summed E-state index contributed by atoms with van der Waals surface area (Å²) >= 11 is 0. The summed E-state index contributed by atoms with van der Waals surface area (Å²) in [5.74, 6) is 4.03. The predicted octanol–water partition coefficient (Wildman–Crippen LogP) is 1.99. The Bertz CT molecular complexity index is 399. The number of ether oxygens (including phenoxy) is 2. The topological polar surface area (TPSA) is 43.4 Å². The highest BCUT2D eigenvalue weighted by molar-refractivity contribution is 5.42. The first-order valence-electron chi connectivity index (χ1n) is 6.03. The van der Waals surface area contributed by atoms with Crippen molar-refractivity contribution in [2.45, 2.75) is 25.8 Å². The van der Waals surface area contributed by atoms with Gasteiger partial charge in [-0.1, -0.05) is 0 Å². The van der Waals surface area contributed by atoms with Crippen LogP contribution in [0.3, 0.4) is 0 Å². The number of aromatic nitrogens is 1. The first-order valence-corrected chi connectivity index (χ1v) is 6.03. The van der Waals surface area contributed by atoms with Gasteiger partial charge in [0.15, 0.2) is 11.5 Å². The van der Waals surface area contributed by atoms with Crippen LogP contribution < -0.4 is 14.8 Å². The molecule has 1 N–H and O–H groups in total. The Morgan fingerprint density at radius 1 is 1.33 bits per heavy atom. The van der Waals surface area contributed by atoms with Crippen LogP contribution in [-0.4, -0.2) is 25.7 Å². The summed E-state index contributed by atoms with van der Waals surface area (Å²) in [6, 6.07) is 1.79. The number of methoxy groups -OCH3 is 2. The van der Waals surface area contributed by atoms with E-state index in [9.17, 15) is 0 Å². The highest BCUT2D eigenvalue weighted by Gasteiger charge is 2.09. The van der Waals surface area contributed by atoms with E-state index in [1.807, 2.05) is 0 Å². The van der Waals surface area contributed by atoms with Crippen LogP contribution in [0.25, 0.3) is 0 Å². The van der Waals surface area contributed by atoms with Crippen LogP contribution in [0.15, 0.2) is 12.3 Å². The van der Waals surface area contributed by atoms with E-state index in [0.717, 1.165) is 31.5 Å². The first-order chi connectivity index (χ1) is 8.83. The molecule has 18 heavy (non-hydrogen) atoms. The van der Waals surface area contributed by atoms with Crippen LogP contribution in [0.1, 0.15) is 25.0 Å². The summed E-state index contributed by atoms with van der Waals surface area (Å²) in [6.45, 7) is 1.58. The third-order valence-electron chi connectivity index (χ3n) is 2.58. The van der Waals surface area contributed by atoms with E-state index >= 15 is 0 Å². The molecule has 0 saturated heterocycles. The molecular weight excluding hydrogens is 228 g/mol. The van der Waals surface area contributed by atoms with Gasteiger partial charge in [-0.15, -0.1) is 12.3 Å². The summed E-state index contributed by atoms with van der Waals surface area (Å²) in [6.07, 6.45) is 9.86. The van der Waals surface area contributed by atoms with Crippen LogP contribution in [0.5, 0.6) is 11.5 Å². The Balaban J connectivity index is 2.44. The molecule has 0 bridgehead atoms. The van der Waals surface area contributed by atoms with Crippen molar-refractivity contribution in [2.24, 2.45) is 0 Å². The Labute approximate surface area is 109 Å². The Hall–Kier alpha value is -1.73. The van der Waals surface area contributed by atoms with Crippen molar-refractivity contribution in [3.05, 3.63) is 18.0 Å². The van der Waals surface area contributed by atoms with Gasteiger partial charge in [-0.3, -0.25) is 4.98 Å². The Kier molecular flexibility index (Phi) is 6.67. The van der Waals surface area contributed by atoms with Crippen LogP contribution in [-0.2, 0) is 6.54 Å². The molecule has 0 aliphatic carbocycles. The SMILES string of the molecule is C#CCCCCNCc1nccc(OC)c1OC. The average molecular weight is 248 g/mol. The number of nitrogens with one attached hydrogen (secondary N) is 1. The maximum atomic E-state index is 5.31. The molecule has 0 aromatic carbocycles. The molecule has 1 aromatic rings. The number of hydrogen-bond donors (Lipinski definition) is 1. The Morgan fingerprint density at radius 3 is 2.83 bits per heavy atom. The van der Waals surface area contributed by atoms with Gasteiger partial charge in [0.2, 0.25) is 0 Å². The molecule has 0 aliphatic heterocycles. The average Bonchev–Trinajstić information content (AvgIpc) is 2.42. The van der Waals surface area contributed by atoms with E-state index in [-0.39, 0.29) is 0 Å². The molecule has 4 heteroatoms. The third-order valence-corrected chi connectivity index (χ3v) is 2.58. The summed E-state index contributed by atoms with van der Waals surface area (Å²) in [7, 11) is 3.24. The zero-order valence-electron chi connectivity index (χ0n) is 11.0. The zero-order chi connectivity index (χ0) is 13.2. The van der Waals surface area contributed by atoms with E-state index < -0.39 is 0 Å². The fraction of sp³-hybridized carbons (Fsp3) is 0.500.